The average molecular weight is 370 g/mol. The molecule has 0 N–H and O–H groups in total. The molecule has 2 bridgehead atoms. The number of carbonyl (C=O) groups excluding carboxylic acids is 2. The van der Waals surface area contributed by atoms with Crippen molar-refractivity contribution in [2.24, 2.45) is 35.5 Å². The molecule has 4 aliphatic carbocycles. The second-order valence-corrected chi connectivity index (χ2v) is 8.10. The molecule has 2 amide bonds. The highest BCUT2D eigenvalue weighted by atomic mass is 35.5. The monoisotopic (exact) mass is 369 g/mol. The molecular weight excluding hydrogens is 355 g/mol. The Bertz CT molecular complexity index is 774. The highest BCUT2D eigenvalue weighted by molar-refractivity contribution is 6.36. The van der Waals surface area contributed by atoms with Crippen molar-refractivity contribution in [3.63, 3.8) is 0 Å². The zero-order valence-corrected chi connectivity index (χ0v) is 13.8. The lowest BCUT2D eigenvalue weighted by Gasteiger charge is -2.42. The number of imide groups is 1. The minimum absolute atomic E-state index is 0.00847. The number of rotatable bonds is 1. The van der Waals surface area contributed by atoms with Gasteiger partial charge in [0.15, 0.2) is 0 Å². The summed E-state index contributed by atoms with van der Waals surface area (Å²) in [6.45, 7) is 0. The number of carbonyl (C=O) groups is 2. The van der Waals surface area contributed by atoms with Gasteiger partial charge in [0, 0.05) is 0 Å². The number of fused-ring (bicyclic) bond motifs is 1. The number of alkyl halides is 3. The number of halogens is 4. The third-order valence-corrected chi connectivity index (χ3v) is 6.98. The molecule has 0 radical (unpaired) electrons. The summed E-state index contributed by atoms with van der Waals surface area (Å²) < 4.78 is 39.1. The Kier molecular flexibility index (Phi) is 3.00. The van der Waals surface area contributed by atoms with Crippen LogP contribution in [0.3, 0.4) is 0 Å². The molecule has 25 heavy (non-hydrogen) atoms. The third kappa shape index (κ3) is 2.00. The Morgan fingerprint density at radius 2 is 1.52 bits per heavy atom. The van der Waals surface area contributed by atoms with Crippen LogP contribution in [0.4, 0.5) is 18.9 Å². The number of benzene rings is 1. The van der Waals surface area contributed by atoms with Crippen molar-refractivity contribution < 1.29 is 22.8 Å². The predicted octanol–water partition coefficient (Wildman–Crippen LogP) is 4.14. The van der Waals surface area contributed by atoms with Crippen LogP contribution < -0.4 is 4.90 Å². The van der Waals surface area contributed by atoms with Crippen LogP contribution >= 0.6 is 11.6 Å². The first-order chi connectivity index (χ1) is 11.8. The minimum Gasteiger partial charge on any atom is -0.274 e. The van der Waals surface area contributed by atoms with E-state index < -0.39 is 11.7 Å². The van der Waals surface area contributed by atoms with Gasteiger partial charge in [0.05, 0.1) is 28.1 Å². The van der Waals surface area contributed by atoms with Crippen molar-refractivity contribution in [1.29, 1.82) is 0 Å². The quantitative estimate of drug-likeness (QED) is 0.698. The topological polar surface area (TPSA) is 37.4 Å². The molecule has 4 saturated carbocycles. The van der Waals surface area contributed by atoms with Gasteiger partial charge in [-0.3, -0.25) is 9.59 Å². The van der Waals surface area contributed by atoms with E-state index in [0.717, 1.165) is 42.4 Å². The van der Waals surface area contributed by atoms with E-state index in [1.165, 1.54) is 0 Å². The Hall–Kier alpha value is -1.56. The van der Waals surface area contributed by atoms with Crippen molar-refractivity contribution in [3.05, 3.63) is 28.8 Å². The highest BCUT2D eigenvalue weighted by Gasteiger charge is 2.68. The van der Waals surface area contributed by atoms with Gasteiger partial charge >= 0.3 is 6.18 Å². The number of nitrogens with zero attached hydrogens (tertiary/aromatic N) is 1. The maximum absolute atomic E-state index is 13.0. The molecule has 0 unspecified atom stereocenters. The Morgan fingerprint density at radius 1 is 0.960 bits per heavy atom. The summed E-state index contributed by atoms with van der Waals surface area (Å²) in [6, 6.07) is 2.79. The first-order valence-electron chi connectivity index (χ1n) is 8.53. The maximum Gasteiger partial charge on any atom is 0.416 e. The van der Waals surface area contributed by atoms with Gasteiger partial charge in [-0.2, -0.15) is 13.2 Å². The summed E-state index contributed by atoms with van der Waals surface area (Å²) in [4.78, 5) is 26.9. The van der Waals surface area contributed by atoms with Crippen molar-refractivity contribution in [2.45, 2.75) is 25.4 Å². The SMILES string of the molecule is O=C1[C@@H]2[C@@H]3CC[C@@H]([C@@H]4C[C@@H]43)[C@@H]2C(=O)N1c1cc(C(F)(F)F)ccc1Cl. The minimum atomic E-state index is -4.56. The molecule has 5 fully saturated rings. The van der Waals surface area contributed by atoms with Gasteiger partial charge in [-0.15, -0.1) is 0 Å². The molecule has 132 valence electrons. The van der Waals surface area contributed by atoms with Gasteiger partial charge in [0.1, 0.15) is 0 Å². The Morgan fingerprint density at radius 3 is 2.04 bits per heavy atom. The molecule has 1 heterocycles. The normalized spacial score (nSPS) is 38.8. The number of hydrogen-bond donors (Lipinski definition) is 0. The molecular formula is C18H15ClF3NO2. The molecule has 0 aromatic heterocycles. The van der Waals surface area contributed by atoms with Gasteiger partial charge in [-0.25, -0.2) is 4.90 Å². The van der Waals surface area contributed by atoms with Crippen LogP contribution in [0.2, 0.25) is 5.02 Å². The second-order valence-electron chi connectivity index (χ2n) is 7.70. The van der Waals surface area contributed by atoms with Crippen LogP contribution in [0, 0.1) is 35.5 Å². The molecule has 0 spiro atoms. The summed E-state index contributed by atoms with van der Waals surface area (Å²) in [5.74, 6) is -0.0341. The lowest BCUT2D eigenvalue weighted by atomic mass is 9.59. The highest BCUT2D eigenvalue weighted by Crippen LogP contribution is 2.68. The fraction of sp³-hybridized carbons (Fsp3) is 0.556. The van der Waals surface area contributed by atoms with Crippen LogP contribution in [0.1, 0.15) is 24.8 Å². The molecule has 1 aromatic carbocycles. The van der Waals surface area contributed by atoms with Gasteiger partial charge in [0.2, 0.25) is 11.8 Å². The van der Waals surface area contributed by atoms with Crippen LogP contribution in [0.5, 0.6) is 0 Å². The van der Waals surface area contributed by atoms with E-state index in [-0.39, 0.29) is 46.2 Å². The summed E-state index contributed by atoms with van der Waals surface area (Å²) >= 11 is 6.07. The van der Waals surface area contributed by atoms with Crippen molar-refractivity contribution >= 4 is 29.1 Å². The van der Waals surface area contributed by atoms with Crippen molar-refractivity contribution in [1.82, 2.24) is 0 Å². The largest absolute Gasteiger partial charge is 0.416 e. The zero-order valence-electron chi connectivity index (χ0n) is 13.1. The summed E-state index contributed by atoms with van der Waals surface area (Å²) in [6.07, 6.45) is -1.59. The number of anilines is 1. The summed E-state index contributed by atoms with van der Waals surface area (Å²) in [7, 11) is 0. The lowest BCUT2D eigenvalue weighted by Crippen LogP contribution is -2.43. The molecule has 7 heteroatoms. The molecule has 1 saturated heterocycles. The van der Waals surface area contributed by atoms with E-state index in [1.54, 1.807) is 0 Å². The number of amides is 2. The second kappa shape index (κ2) is 4.78. The predicted molar refractivity (Wildman–Crippen MR) is 83.7 cm³/mol. The molecule has 5 aliphatic rings. The van der Waals surface area contributed by atoms with Gasteiger partial charge in [-0.05, 0) is 61.1 Å². The Labute approximate surface area is 147 Å². The standard InChI is InChI=1S/C18H15ClF3NO2/c19-12-4-1-7(18(20,21)22)5-13(12)23-16(24)14-8-2-3-9(11-6-10(8)11)15(14)17(23)25/h1,4-5,8-11,14-15H,2-3,6H2/t8-,9+,10-,11+,14-,15+. The van der Waals surface area contributed by atoms with Gasteiger partial charge in [0.25, 0.3) is 0 Å². The summed E-state index contributed by atoms with van der Waals surface area (Å²) in [5, 5.41) is -0.00847. The van der Waals surface area contributed by atoms with Crippen molar-refractivity contribution in [3.8, 4) is 0 Å². The first kappa shape index (κ1) is 15.7. The maximum atomic E-state index is 13.0. The van der Waals surface area contributed by atoms with Crippen molar-refractivity contribution in [2.75, 3.05) is 4.90 Å². The fourth-order valence-corrected chi connectivity index (χ4v) is 5.84. The van der Waals surface area contributed by atoms with Crippen LogP contribution in [0.15, 0.2) is 18.2 Å². The van der Waals surface area contributed by atoms with E-state index >= 15 is 0 Å². The molecule has 6 rings (SSSR count). The van der Waals surface area contributed by atoms with Crippen LogP contribution in [0.25, 0.3) is 0 Å². The lowest BCUT2D eigenvalue weighted by molar-refractivity contribution is -0.137. The fourth-order valence-electron chi connectivity index (χ4n) is 5.64. The average Bonchev–Trinajstić information content (AvgIpc) is 3.32. The van der Waals surface area contributed by atoms with Gasteiger partial charge < -0.3 is 0 Å². The molecule has 6 atom stereocenters. The Balaban J connectivity index is 1.58. The van der Waals surface area contributed by atoms with Crippen LogP contribution in [-0.2, 0) is 15.8 Å². The van der Waals surface area contributed by atoms with E-state index in [4.69, 9.17) is 11.6 Å². The van der Waals surface area contributed by atoms with Gasteiger partial charge in [-0.1, -0.05) is 11.6 Å². The smallest absolute Gasteiger partial charge is 0.274 e. The third-order valence-electron chi connectivity index (χ3n) is 6.66. The number of hydrogen-bond acceptors (Lipinski definition) is 2. The van der Waals surface area contributed by atoms with E-state index in [9.17, 15) is 22.8 Å². The molecule has 3 nitrogen and oxygen atoms in total. The first-order valence-corrected chi connectivity index (χ1v) is 8.91. The zero-order chi connectivity index (χ0) is 17.7. The molecule has 1 aromatic rings. The van der Waals surface area contributed by atoms with Crippen LogP contribution in [-0.4, -0.2) is 11.8 Å². The molecule has 1 aliphatic heterocycles. The van der Waals surface area contributed by atoms with E-state index in [2.05, 4.69) is 0 Å². The summed E-state index contributed by atoms with van der Waals surface area (Å²) in [5.41, 5.74) is -1.04. The van der Waals surface area contributed by atoms with E-state index in [0.29, 0.717) is 11.8 Å². The van der Waals surface area contributed by atoms with E-state index in [1.807, 2.05) is 0 Å².